The van der Waals surface area contributed by atoms with Crippen LogP contribution in [-0.4, -0.2) is 65.4 Å². The molecule has 0 saturated carbocycles. The number of esters is 1. The second-order valence-corrected chi connectivity index (χ2v) is 13.3. The van der Waals surface area contributed by atoms with Crippen molar-refractivity contribution in [2.24, 2.45) is 11.5 Å². The quantitative estimate of drug-likeness (QED) is 0.114. The SMILES string of the molecule is CO[C@]1(COC(=O)CCNC(=O)[C@@H](N)CCCCN)C[C@H]2O[C@]1(C)n1c3ccccc3c3c4c(c5c6ccccc6n2c5c31)C(=O)NC4.Cl.Cl. The van der Waals surface area contributed by atoms with Crippen LogP contribution in [0.15, 0.2) is 48.5 Å². The third kappa shape index (κ3) is 4.99. The minimum atomic E-state index is -1.12. The standard InChI is InChI=1S/C36H40N6O6.2ClH/c1-35-36(46-2,19-47-27(43)14-16-39-33(44)23(38)11-7-8-15-37)17-26(48-35)41-24-12-5-3-9-20(24)29-30-22(18-40-34(30)45)28-21-10-4-6-13-25(21)42(35)32(28)31(29)41;;/h3-6,9-10,12-13,23,26H,7-8,11,14-19,37-38H2,1-2H3,(H,39,44)(H,40,45);2*1H/t23-,26+,35-,36-;;/m0../s1. The van der Waals surface area contributed by atoms with E-state index in [1.54, 1.807) is 7.11 Å². The highest BCUT2D eigenvalue weighted by atomic mass is 35.5. The topological polar surface area (TPSA) is 165 Å². The summed E-state index contributed by atoms with van der Waals surface area (Å²) in [6, 6.07) is 15.6. The number of unbranched alkanes of at least 4 members (excludes halogenated alkanes) is 1. The van der Waals surface area contributed by atoms with Gasteiger partial charge in [-0.05, 0) is 44.0 Å². The lowest BCUT2D eigenvalue weighted by Crippen LogP contribution is -2.55. The fourth-order valence-corrected chi connectivity index (χ4v) is 8.36. The number of rotatable bonds is 11. The Morgan fingerprint density at radius 1 is 1.06 bits per heavy atom. The maximum atomic E-state index is 13.5. The fraction of sp³-hybridized carbons (Fsp3) is 0.417. The summed E-state index contributed by atoms with van der Waals surface area (Å²) in [5, 5.41) is 9.75. The van der Waals surface area contributed by atoms with E-state index in [2.05, 4.69) is 44.0 Å². The van der Waals surface area contributed by atoms with Crippen LogP contribution in [0.25, 0.3) is 43.6 Å². The molecule has 6 N–H and O–H groups in total. The molecule has 5 aromatic rings. The van der Waals surface area contributed by atoms with Crippen LogP contribution < -0.4 is 22.1 Å². The molecule has 2 bridgehead atoms. The van der Waals surface area contributed by atoms with Crippen molar-refractivity contribution in [2.45, 2.75) is 69.2 Å². The molecule has 2 amide bonds. The van der Waals surface area contributed by atoms with Gasteiger partial charge in [0.15, 0.2) is 11.3 Å². The van der Waals surface area contributed by atoms with E-state index >= 15 is 0 Å². The average molecular weight is 726 g/mol. The van der Waals surface area contributed by atoms with Gasteiger partial charge in [-0.1, -0.05) is 42.8 Å². The number of hydrogen-bond donors (Lipinski definition) is 4. The Bertz CT molecular complexity index is 2170. The number of halogens is 2. The maximum Gasteiger partial charge on any atom is 0.307 e. The van der Waals surface area contributed by atoms with Crippen LogP contribution in [0.3, 0.4) is 0 Å². The molecule has 1 fully saturated rings. The molecule has 12 nitrogen and oxygen atoms in total. The molecule has 50 heavy (non-hydrogen) atoms. The lowest BCUT2D eigenvalue weighted by atomic mass is 9.89. The molecule has 1 saturated heterocycles. The van der Waals surface area contributed by atoms with Crippen molar-refractivity contribution >= 4 is 86.2 Å². The first-order valence-electron chi connectivity index (χ1n) is 16.7. The molecular formula is C36H42Cl2N6O6. The van der Waals surface area contributed by atoms with E-state index in [-0.39, 0.29) is 56.2 Å². The number of methoxy groups -OCH3 is 1. The minimum absolute atomic E-state index is 0. The van der Waals surface area contributed by atoms with Crippen LogP contribution in [0.2, 0.25) is 0 Å². The van der Waals surface area contributed by atoms with Crippen molar-refractivity contribution in [3.63, 3.8) is 0 Å². The lowest BCUT2D eigenvalue weighted by Gasteiger charge is -2.42. The third-order valence-electron chi connectivity index (χ3n) is 10.7. The highest BCUT2D eigenvalue weighted by molar-refractivity contribution is 6.31. The van der Waals surface area contributed by atoms with Gasteiger partial charge >= 0.3 is 5.97 Å². The monoisotopic (exact) mass is 724 g/mol. The summed E-state index contributed by atoms with van der Waals surface area (Å²) >= 11 is 0. The number of nitrogens with one attached hydrogen (secondary N) is 2. The van der Waals surface area contributed by atoms with Crippen molar-refractivity contribution < 1.29 is 28.6 Å². The first-order valence-corrected chi connectivity index (χ1v) is 16.7. The van der Waals surface area contributed by atoms with Crippen LogP contribution >= 0.6 is 24.8 Å². The molecule has 14 heteroatoms. The smallest absolute Gasteiger partial charge is 0.307 e. The Morgan fingerprint density at radius 2 is 1.76 bits per heavy atom. The van der Waals surface area contributed by atoms with E-state index in [1.165, 1.54) is 0 Å². The van der Waals surface area contributed by atoms with Gasteiger partial charge in [0.25, 0.3) is 5.91 Å². The van der Waals surface area contributed by atoms with Gasteiger partial charge in [0.1, 0.15) is 12.8 Å². The zero-order valence-corrected chi connectivity index (χ0v) is 29.6. The van der Waals surface area contributed by atoms with E-state index in [0.717, 1.165) is 62.0 Å². The molecule has 0 radical (unpaired) electrons. The van der Waals surface area contributed by atoms with Crippen LogP contribution in [0.4, 0.5) is 0 Å². The first kappa shape index (κ1) is 35.9. The largest absolute Gasteiger partial charge is 0.462 e. The number of aromatic nitrogens is 2. The number of para-hydroxylation sites is 2. The molecular weight excluding hydrogens is 683 g/mol. The molecule has 266 valence electrons. The van der Waals surface area contributed by atoms with E-state index in [9.17, 15) is 14.4 Å². The summed E-state index contributed by atoms with van der Waals surface area (Å²) in [6.45, 7) is 3.02. The lowest BCUT2D eigenvalue weighted by molar-refractivity contribution is -0.208. The van der Waals surface area contributed by atoms with Gasteiger partial charge < -0.3 is 45.4 Å². The summed E-state index contributed by atoms with van der Waals surface area (Å²) < 4.78 is 23.9. The molecule has 3 aliphatic heterocycles. The minimum Gasteiger partial charge on any atom is -0.462 e. The molecule has 8 rings (SSSR count). The van der Waals surface area contributed by atoms with E-state index < -0.39 is 29.6 Å². The number of nitrogens with two attached hydrogens (primary N) is 2. The summed E-state index contributed by atoms with van der Waals surface area (Å²) in [5.74, 6) is -0.841. The van der Waals surface area contributed by atoms with Crippen LogP contribution in [0.5, 0.6) is 0 Å². The average Bonchev–Trinajstić information content (AvgIpc) is 3.80. The van der Waals surface area contributed by atoms with Crippen molar-refractivity contribution in [2.75, 3.05) is 26.8 Å². The highest BCUT2D eigenvalue weighted by Gasteiger charge is 2.63. The van der Waals surface area contributed by atoms with Gasteiger partial charge in [-0.2, -0.15) is 0 Å². The van der Waals surface area contributed by atoms with Crippen LogP contribution in [0, 0.1) is 0 Å². The second-order valence-electron chi connectivity index (χ2n) is 13.3. The zero-order chi connectivity index (χ0) is 33.4. The van der Waals surface area contributed by atoms with Gasteiger partial charge in [-0.25, -0.2) is 0 Å². The van der Waals surface area contributed by atoms with Crippen molar-refractivity contribution in [1.82, 2.24) is 19.8 Å². The number of hydrogen-bond acceptors (Lipinski definition) is 8. The third-order valence-corrected chi connectivity index (χ3v) is 10.7. The summed E-state index contributed by atoms with van der Waals surface area (Å²) in [5.41, 5.74) is 14.8. The Kier molecular flexibility index (Phi) is 9.57. The molecule has 3 aromatic carbocycles. The zero-order valence-electron chi connectivity index (χ0n) is 28.0. The van der Waals surface area contributed by atoms with E-state index in [1.807, 2.05) is 31.2 Å². The molecule has 2 aromatic heterocycles. The maximum absolute atomic E-state index is 13.5. The van der Waals surface area contributed by atoms with Crippen molar-refractivity contribution in [1.29, 1.82) is 0 Å². The van der Waals surface area contributed by atoms with Gasteiger partial charge in [-0.3, -0.25) is 14.4 Å². The number of nitrogens with zero attached hydrogens (tertiary/aromatic N) is 2. The number of carbonyl (C=O) groups excluding carboxylic acids is 3. The van der Waals surface area contributed by atoms with E-state index in [4.69, 9.17) is 25.7 Å². The van der Waals surface area contributed by atoms with Gasteiger partial charge in [-0.15, -0.1) is 24.8 Å². The normalized spacial score (nSPS) is 22.3. The van der Waals surface area contributed by atoms with Crippen LogP contribution in [0.1, 0.15) is 61.2 Å². The number of ether oxygens (including phenoxy) is 3. The van der Waals surface area contributed by atoms with Crippen molar-refractivity contribution in [3.8, 4) is 0 Å². The molecule has 5 heterocycles. The number of benzene rings is 3. The number of fused-ring (bicyclic) bond motifs is 13. The number of amides is 2. The molecule has 3 aliphatic rings. The molecule has 0 unspecified atom stereocenters. The van der Waals surface area contributed by atoms with Crippen molar-refractivity contribution in [3.05, 3.63) is 59.7 Å². The first-order chi connectivity index (χ1) is 23.2. The fourth-order valence-electron chi connectivity index (χ4n) is 8.36. The Balaban J connectivity index is 0.00000216. The molecule has 0 spiro atoms. The van der Waals surface area contributed by atoms with Gasteiger partial charge in [0.2, 0.25) is 5.91 Å². The predicted molar refractivity (Wildman–Crippen MR) is 196 cm³/mol. The van der Waals surface area contributed by atoms with Gasteiger partial charge in [0.05, 0.1) is 40.1 Å². The number of carbonyl (C=O) groups is 3. The van der Waals surface area contributed by atoms with Gasteiger partial charge in [0, 0.05) is 48.2 Å². The summed E-state index contributed by atoms with van der Waals surface area (Å²) in [7, 11) is 1.63. The van der Waals surface area contributed by atoms with E-state index in [0.29, 0.717) is 31.5 Å². The Labute approximate surface area is 300 Å². The molecule has 4 atom stereocenters. The molecule has 0 aliphatic carbocycles. The summed E-state index contributed by atoms with van der Waals surface area (Å²) in [4.78, 5) is 39.0. The summed E-state index contributed by atoms with van der Waals surface area (Å²) in [6.07, 6.45) is 1.98. The Morgan fingerprint density at radius 3 is 2.48 bits per heavy atom. The van der Waals surface area contributed by atoms with Crippen LogP contribution in [-0.2, 0) is 36.1 Å². The second kappa shape index (κ2) is 13.3. The highest BCUT2D eigenvalue weighted by Crippen LogP contribution is 2.58. The predicted octanol–water partition coefficient (Wildman–Crippen LogP) is 4.49. The Hall–Kier alpha value is -3.91.